The van der Waals surface area contributed by atoms with E-state index in [9.17, 15) is 0 Å². The van der Waals surface area contributed by atoms with Gasteiger partial charge in [0.2, 0.25) is 0 Å². The van der Waals surface area contributed by atoms with Crippen LogP contribution in [0.3, 0.4) is 0 Å². The van der Waals surface area contributed by atoms with Gasteiger partial charge in [0.25, 0.3) is 0 Å². The standard InChI is InChI=1S/C16H9Cl2N3/c17-12-7-5-11(6-8-12)16-9-13(10-19)20-21(16)15-4-2-1-3-14(15)18/h1-9H. The summed E-state index contributed by atoms with van der Waals surface area (Å²) in [6, 6.07) is 18.5. The van der Waals surface area contributed by atoms with Crippen molar-refractivity contribution in [2.24, 2.45) is 0 Å². The zero-order valence-electron chi connectivity index (χ0n) is 10.8. The summed E-state index contributed by atoms with van der Waals surface area (Å²) >= 11 is 12.1. The molecule has 1 aromatic heterocycles. The van der Waals surface area contributed by atoms with Gasteiger partial charge in [-0.05, 0) is 24.3 Å². The van der Waals surface area contributed by atoms with Crippen molar-refractivity contribution in [2.45, 2.75) is 0 Å². The summed E-state index contributed by atoms with van der Waals surface area (Å²) in [5, 5.41) is 14.6. The fourth-order valence-electron chi connectivity index (χ4n) is 2.07. The molecule has 0 N–H and O–H groups in total. The molecule has 0 fully saturated rings. The van der Waals surface area contributed by atoms with Gasteiger partial charge in [0.1, 0.15) is 6.07 Å². The van der Waals surface area contributed by atoms with Crippen LogP contribution in [-0.2, 0) is 0 Å². The fraction of sp³-hybridized carbons (Fsp3) is 0. The molecular formula is C16H9Cl2N3. The highest BCUT2D eigenvalue weighted by Gasteiger charge is 2.13. The Labute approximate surface area is 132 Å². The van der Waals surface area contributed by atoms with Crippen molar-refractivity contribution < 1.29 is 0 Å². The Morgan fingerprint density at radius 2 is 1.71 bits per heavy atom. The summed E-state index contributed by atoms with van der Waals surface area (Å²) in [5.41, 5.74) is 2.76. The molecule has 0 spiro atoms. The van der Waals surface area contributed by atoms with Crippen LogP contribution in [0.25, 0.3) is 16.9 Å². The molecule has 0 saturated heterocycles. The van der Waals surface area contributed by atoms with Crippen molar-refractivity contribution in [3.05, 3.63) is 70.3 Å². The van der Waals surface area contributed by atoms with Crippen LogP contribution in [-0.4, -0.2) is 9.78 Å². The predicted molar refractivity (Wildman–Crippen MR) is 83.7 cm³/mol. The molecule has 0 atom stereocenters. The number of nitriles is 1. The Hall–Kier alpha value is -2.28. The van der Waals surface area contributed by atoms with Gasteiger partial charge in [0.05, 0.1) is 16.4 Å². The van der Waals surface area contributed by atoms with E-state index < -0.39 is 0 Å². The molecule has 3 rings (SSSR count). The van der Waals surface area contributed by atoms with Gasteiger partial charge >= 0.3 is 0 Å². The summed E-state index contributed by atoms with van der Waals surface area (Å²) in [5.74, 6) is 0. The fourth-order valence-corrected chi connectivity index (χ4v) is 2.41. The zero-order valence-corrected chi connectivity index (χ0v) is 12.3. The number of aromatic nitrogens is 2. The number of hydrogen-bond acceptors (Lipinski definition) is 2. The second kappa shape index (κ2) is 5.61. The molecule has 0 amide bonds. The van der Waals surface area contributed by atoms with Gasteiger partial charge in [-0.2, -0.15) is 10.4 Å². The maximum Gasteiger partial charge on any atom is 0.163 e. The number of para-hydroxylation sites is 1. The monoisotopic (exact) mass is 313 g/mol. The van der Waals surface area contributed by atoms with Crippen molar-refractivity contribution in [3.63, 3.8) is 0 Å². The molecule has 3 aromatic rings. The molecule has 21 heavy (non-hydrogen) atoms. The summed E-state index contributed by atoms with van der Waals surface area (Å²) in [7, 11) is 0. The first-order valence-corrected chi connectivity index (χ1v) is 6.95. The first-order valence-electron chi connectivity index (χ1n) is 6.20. The van der Waals surface area contributed by atoms with Gasteiger partial charge in [-0.1, -0.05) is 47.5 Å². The van der Waals surface area contributed by atoms with Crippen molar-refractivity contribution in [2.75, 3.05) is 0 Å². The summed E-state index contributed by atoms with van der Waals surface area (Å²) < 4.78 is 1.67. The Bertz CT molecular complexity index is 829. The van der Waals surface area contributed by atoms with Crippen LogP contribution in [0.5, 0.6) is 0 Å². The Balaban J connectivity index is 2.22. The first-order chi connectivity index (χ1) is 10.2. The molecule has 0 unspecified atom stereocenters. The number of halogens is 2. The zero-order chi connectivity index (χ0) is 14.8. The molecule has 3 nitrogen and oxygen atoms in total. The molecule has 0 radical (unpaired) electrons. The number of rotatable bonds is 2. The molecule has 5 heteroatoms. The third-order valence-corrected chi connectivity index (χ3v) is 3.62. The Morgan fingerprint density at radius 3 is 2.38 bits per heavy atom. The molecule has 0 saturated carbocycles. The average molecular weight is 314 g/mol. The van der Waals surface area contributed by atoms with Crippen LogP contribution in [0.15, 0.2) is 54.6 Å². The number of hydrogen-bond donors (Lipinski definition) is 0. The summed E-state index contributed by atoms with van der Waals surface area (Å²) in [6.45, 7) is 0. The van der Waals surface area contributed by atoms with Crippen LogP contribution in [0.4, 0.5) is 0 Å². The molecule has 0 aliphatic carbocycles. The van der Waals surface area contributed by atoms with Gasteiger partial charge in [0.15, 0.2) is 5.69 Å². The highest BCUT2D eigenvalue weighted by Crippen LogP contribution is 2.28. The van der Waals surface area contributed by atoms with Gasteiger partial charge in [0, 0.05) is 16.7 Å². The minimum absolute atomic E-state index is 0.333. The lowest BCUT2D eigenvalue weighted by Gasteiger charge is -2.09. The van der Waals surface area contributed by atoms with Crippen molar-refractivity contribution in [1.29, 1.82) is 5.26 Å². The van der Waals surface area contributed by atoms with Crippen LogP contribution in [0.1, 0.15) is 5.69 Å². The van der Waals surface area contributed by atoms with E-state index in [-0.39, 0.29) is 0 Å². The first kappa shape index (κ1) is 13.7. The predicted octanol–water partition coefficient (Wildman–Crippen LogP) is 4.72. The van der Waals surface area contributed by atoms with Crippen molar-refractivity contribution >= 4 is 23.2 Å². The highest BCUT2D eigenvalue weighted by molar-refractivity contribution is 6.32. The molecule has 102 valence electrons. The third kappa shape index (κ3) is 2.64. The molecular weight excluding hydrogens is 305 g/mol. The molecule has 0 bridgehead atoms. The summed E-state index contributed by atoms with van der Waals surface area (Å²) in [6.07, 6.45) is 0. The normalized spacial score (nSPS) is 10.3. The maximum atomic E-state index is 9.10. The Morgan fingerprint density at radius 1 is 1.00 bits per heavy atom. The largest absolute Gasteiger partial charge is 0.230 e. The molecule has 0 aliphatic rings. The van der Waals surface area contributed by atoms with Crippen molar-refractivity contribution in [1.82, 2.24) is 9.78 Å². The van der Waals surface area contributed by atoms with Gasteiger partial charge < -0.3 is 0 Å². The number of benzene rings is 2. The van der Waals surface area contributed by atoms with E-state index in [2.05, 4.69) is 11.2 Å². The maximum absolute atomic E-state index is 9.10. The van der Waals surface area contributed by atoms with Crippen LogP contribution < -0.4 is 0 Å². The molecule has 2 aromatic carbocycles. The second-order valence-corrected chi connectivity index (χ2v) is 5.24. The highest BCUT2D eigenvalue weighted by atomic mass is 35.5. The molecule has 0 aliphatic heterocycles. The van der Waals surface area contributed by atoms with Gasteiger partial charge in [-0.25, -0.2) is 4.68 Å². The minimum Gasteiger partial charge on any atom is -0.230 e. The molecule has 1 heterocycles. The lowest BCUT2D eigenvalue weighted by molar-refractivity contribution is 0.880. The van der Waals surface area contributed by atoms with Gasteiger partial charge in [-0.15, -0.1) is 0 Å². The quantitative estimate of drug-likeness (QED) is 0.687. The SMILES string of the molecule is N#Cc1cc(-c2ccc(Cl)cc2)n(-c2ccccc2Cl)n1. The second-order valence-electron chi connectivity index (χ2n) is 4.40. The van der Waals surface area contributed by atoms with E-state index >= 15 is 0 Å². The van der Waals surface area contributed by atoms with Crippen LogP contribution in [0.2, 0.25) is 10.0 Å². The topological polar surface area (TPSA) is 41.6 Å². The van der Waals surface area contributed by atoms with Crippen molar-refractivity contribution in [3.8, 4) is 23.0 Å². The van der Waals surface area contributed by atoms with E-state index in [0.717, 1.165) is 16.9 Å². The van der Waals surface area contributed by atoms with E-state index in [1.54, 1.807) is 28.9 Å². The Kier molecular flexibility index (Phi) is 3.66. The smallest absolute Gasteiger partial charge is 0.163 e. The van der Waals surface area contributed by atoms with E-state index in [4.69, 9.17) is 28.5 Å². The van der Waals surface area contributed by atoms with Crippen LogP contribution in [0, 0.1) is 11.3 Å². The van der Waals surface area contributed by atoms with Gasteiger partial charge in [-0.3, -0.25) is 0 Å². The minimum atomic E-state index is 0.333. The van der Waals surface area contributed by atoms with E-state index in [1.807, 2.05) is 30.3 Å². The summed E-state index contributed by atoms with van der Waals surface area (Å²) in [4.78, 5) is 0. The average Bonchev–Trinajstić information content (AvgIpc) is 2.92. The van der Waals surface area contributed by atoms with Crippen LogP contribution >= 0.6 is 23.2 Å². The lowest BCUT2D eigenvalue weighted by atomic mass is 10.1. The third-order valence-electron chi connectivity index (χ3n) is 3.04. The van der Waals surface area contributed by atoms with E-state index in [1.165, 1.54) is 0 Å². The lowest BCUT2D eigenvalue weighted by Crippen LogP contribution is -2.00. The number of nitrogens with zero attached hydrogens (tertiary/aromatic N) is 3. The van der Waals surface area contributed by atoms with E-state index in [0.29, 0.717) is 15.7 Å².